The number of anilines is 2. The van der Waals surface area contributed by atoms with E-state index >= 15 is 0 Å². The third-order valence-corrected chi connectivity index (χ3v) is 3.92. The average Bonchev–Trinajstić information content (AvgIpc) is 3.06. The summed E-state index contributed by atoms with van der Waals surface area (Å²) in [6.45, 7) is -0.307. The number of aromatic amines is 1. The van der Waals surface area contributed by atoms with E-state index in [1.807, 2.05) is 22.6 Å². The molecule has 0 spiro atoms. The fourth-order valence-corrected chi connectivity index (χ4v) is 2.59. The zero-order valence-electron chi connectivity index (χ0n) is 12.7. The number of benzene rings is 1. The highest BCUT2D eigenvalue weighted by atomic mass is 127. The lowest BCUT2D eigenvalue weighted by atomic mass is 10.2. The predicted octanol–water partition coefficient (Wildman–Crippen LogP) is 2.10. The smallest absolute Gasteiger partial charge is 0.295 e. The molecule has 0 radical (unpaired) electrons. The van der Waals surface area contributed by atoms with Crippen LogP contribution in [-0.2, 0) is 4.84 Å². The molecule has 8 nitrogen and oxygen atoms in total. The molecule has 1 aromatic carbocycles. The number of nitrogens with one attached hydrogen (secondary N) is 3. The summed E-state index contributed by atoms with van der Waals surface area (Å²) in [4.78, 5) is 21.2. The first-order chi connectivity index (χ1) is 12.1. The highest BCUT2D eigenvalue weighted by Crippen LogP contribution is 2.29. The number of hydrogen-bond acceptors (Lipinski definition) is 6. The molecule has 130 valence electrons. The number of hydrogen-bond donors (Lipinski definition) is 4. The van der Waals surface area contributed by atoms with Gasteiger partial charge in [0.15, 0.2) is 5.69 Å². The summed E-state index contributed by atoms with van der Waals surface area (Å²) in [5.74, 6) is -1.11. The van der Waals surface area contributed by atoms with Crippen LogP contribution in [0.5, 0.6) is 0 Å². The van der Waals surface area contributed by atoms with E-state index in [-0.39, 0.29) is 30.3 Å². The van der Waals surface area contributed by atoms with Crippen LogP contribution in [0.25, 0.3) is 10.9 Å². The number of halogens is 2. The number of pyridine rings is 1. The Kier molecular flexibility index (Phi) is 5.40. The minimum Gasteiger partial charge on any atom is -0.394 e. The van der Waals surface area contributed by atoms with Crippen molar-refractivity contribution in [2.75, 3.05) is 18.5 Å². The van der Waals surface area contributed by atoms with Crippen LogP contribution in [0.1, 0.15) is 10.5 Å². The average molecular weight is 457 g/mol. The van der Waals surface area contributed by atoms with Crippen LogP contribution >= 0.6 is 22.6 Å². The van der Waals surface area contributed by atoms with E-state index in [1.165, 1.54) is 12.3 Å². The van der Waals surface area contributed by atoms with Crippen molar-refractivity contribution < 1.29 is 19.1 Å². The molecule has 0 saturated heterocycles. The molecule has 3 aromatic rings. The van der Waals surface area contributed by atoms with E-state index in [9.17, 15) is 9.18 Å². The molecule has 0 unspecified atom stereocenters. The summed E-state index contributed by atoms with van der Waals surface area (Å²) in [5.41, 5.74) is 3.12. The topological polar surface area (TPSA) is 112 Å². The van der Waals surface area contributed by atoms with Crippen molar-refractivity contribution >= 4 is 50.8 Å². The Hall–Kier alpha value is -2.31. The second-order valence-corrected chi connectivity index (χ2v) is 6.18. The van der Waals surface area contributed by atoms with E-state index in [0.717, 1.165) is 3.57 Å². The van der Waals surface area contributed by atoms with Gasteiger partial charge in [0.1, 0.15) is 5.82 Å². The molecule has 1 amide bonds. The maximum Gasteiger partial charge on any atom is 0.295 e. The van der Waals surface area contributed by atoms with Gasteiger partial charge >= 0.3 is 0 Å². The molecular formula is C15H13FIN5O3. The Morgan fingerprint density at radius 1 is 1.40 bits per heavy atom. The number of rotatable bonds is 6. The van der Waals surface area contributed by atoms with Gasteiger partial charge in [0.05, 0.1) is 36.3 Å². The maximum atomic E-state index is 14.2. The van der Waals surface area contributed by atoms with Crippen molar-refractivity contribution in [2.45, 2.75) is 0 Å². The van der Waals surface area contributed by atoms with Gasteiger partial charge in [0.2, 0.25) is 0 Å². The number of fused-ring (bicyclic) bond motifs is 1. The Labute approximate surface area is 154 Å². The maximum absolute atomic E-state index is 14.2. The van der Waals surface area contributed by atoms with Crippen molar-refractivity contribution in [1.82, 2.24) is 20.7 Å². The number of hydroxylamine groups is 1. The van der Waals surface area contributed by atoms with Crippen molar-refractivity contribution in [3.63, 3.8) is 0 Å². The molecule has 0 saturated carbocycles. The molecule has 2 aromatic heterocycles. The second-order valence-electron chi connectivity index (χ2n) is 4.93. The summed E-state index contributed by atoms with van der Waals surface area (Å²) in [6.07, 6.45) is 3.01. The molecule has 0 aliphatic carbocycles. The minimum absolute atomic E-state index is 0.00682. The summed E-state index contributed by atoms with van der Waals surface area (Å²) in [7, 11) is 0. The van der Waals surface area contributed by atoms with Crippen LogP contribution in [0.15, 0.2) is 30.6 Å². The Balaban J connectivity index is 2.00. The molecule has 2 heterocycles. The monoisotopic (exact) mass is 457 g/mol. The number of carbonyl (C=O) groups is 1. The van der Waals surface area contributed by atoms with Crippen LogP contribution < -0.4 is 10.8 Å². The lowest BCUT2D eigenvalue weighted by molar-refractivity contribution is 0.0165. The number of nitrogens with zero attached hydrogens (tertiary/aromatic N) is 2. The molecule has 0 aliphatic rings. The van der Waals surface area contributed by atoms with E-state index in [4.69, 9.17) is 9.94 Å². The number of carbonyl (C=O) groups excluding carboxylic acids is 1. The number of amides is 1. The number of H-pyrrole nitrogens is 1. The van der Waals surface area contributed by atoms with Crippen LogP contribution in [-0.4, -0.2) is 39.4 Å². The highest BCUT2D eigenvalue weighted by molar-refractivity contribution is 14.1. The van der Waals surface area contributed by atoms with Gasteiger partial charge in [-0.25, -0.2) is 14.9 Å². The van der Waals surface area contributed by atoms with E-state index in [1.54, 1.807) is 18.3 Å². The van der Waals surface area contributed by atoms with E-state index in [0.29, 0.717) is 10.9 Å². The third kappa shape index (κ3) is 3.86. The van der Waals surface area contributed by atoms with Gasteiger partial charge in [0, 0.05) is 15.2 Å². The molecule has 3 rings (SSSR count). The number of aliphatic hydroxyl groups is 1. The van der Waals surface area contributed by atoms with Gasteiger partial charge in [-0.3, -0.25) is 14.7 Å². The van der Waals surface area contributed by atoms with Gasteiger partial charge in [-0.15, -0.1) is 0 Å². The zero-order chi connectivity index (χ0) is 17.8. The fourth-order valence-electron chi connectivity index (χ4n) is 2.14. The fraction of sp³-hybridized carbons (Fsp3) is 0.133. The third-order valence-electron chi connectivity index (χ3n) is 3.25. The summed E-state index contributed by atoms with van der Waals surface area (Å²) >= 11 is 2.01. The summed E-state index contributed by atoms with van der Waals surface area (Å²) < 4.78 is 14.9. The van der Waals surface area contributed by atoms with Crippen LogP contribution in [0, 0.1) is 9.39 Å². The lowest BCUT2D eigenvalue weighted by Crippen LogP contribution is -2.26. The summed E-state index contributed by atoms with van der Waals surface area (Å²) in [5, 5.41) is 18.9. The SMILES string of the molecule is O=C(NOCCO)c1ncc2cn[nH]c2c1Nc1ccc(I)cc1F. The molecule has 4 N–H and O–H groups in total. The standard InChI is InChI=1S/C15H13FIN5O3/c16-10-5-9(17)1-2-11(10)20-13-12-8(7-19-21-12)6-18-14(13)15(24)22-25-4-3-23/h1-2,5-7,20,23H,3-4H2,(H,19,21)(H,22,24). The van der Waals surface area contributed by atoms with Crippen molar-refractivity contribution in [3.8, 4) is 0 Å². The van der Waals surface area contributed by atoms with Gasteiger partial charge in [-0.2, -0.15) is 5.10 Å². The quantitative estimate of drug-likeness (QED) is 0.256. The molecular weight excluding hydrogens is 444 g/mol. The first kappa shape index (κ1) is 17.5. The van der Waals surface area contributed by atoms with E-state index < -0.39 is 11.7 Å². The molecule has 0 fully saturated rings. The lowest BCUT2D eigenvalue weighted by Gasteiger charge is -2.13. The Bertz CT molecular complexity index is 917. The normalized spacial score (nSPS) is 10.8. The largest absolute Gasteiger partial charge is 0.394 e. The minimum atomic E-state index is -0.640. The molecule has 0 aliphatic heterocycles. The number of aliphatic hydroxyl groups excluding tert-OH is 1. The van der Waals surface area contributed by atoms with Crippen molar-refractivity contribution in [3.05, 3.63) is 45.7 Å². The van der Waals surface area contributed by atoms with Crippen molar-refractivity contribution in [2.24, 2.45) is 0 Å². The molecule has 0 bridgehead atoms. The molecule has 25 heavy (non-hydrogen) atoms. The Morgan fingerprint density at radius 3 is 3.00 bits per heavy atom. The predicted molar refractivity (Wildman–Crippen MR) is 96.8 cm³/mol. The number of aromatic nitrogens is 3. The van der Waals surface area contributed by atoms with Gasteiger partial charge < -0.3 is 10.4 Å². The zero-order valence-corrected chi connectivity index (χ0v) is 14.9. The molecule has 0 atom stereocenters. The molecule has 10 heteroatoms. The first-order valence-corrected chi connectivity index (χ1v) is 8.25. The van der Waals surface area contributed by atoms with Crippen molar-refractivity contribution in [1.29, 1.82) is 0 Å². The van der Waals surface area contributed by atoms with Crippen LogP contribution in [0.3, 0.4) is 0 Å². The van der Waals surface area contributed by atoms with Gasteiger partial charge in [-0.1, -0.05) is 0 Å². The Morgan fingerprint density at radius 2 is 2.24 bits per heavy atom. The van der Waals surface area contributed by atoms with Crippen LogP contribution in [0.4, 0.5) is 15.8 Å². The van der Waals surface area contributed by atoms with Crippen LogP contribution in [0.2, 0.25) is 0 Å². The van der Waals surface area contributed by atoms with E-state index in [2.05, 4.69) is 26.0 Å². The van der Waals surface area contributed by atoms with Gasteiger partial charge in [-0.05, 0) is 40.8 Å². The van der Waals surface area contributed by atoms with Gasteiger partial charge in [0.25, 0.3) is 5.91 Å². The first-order valence-electron chi connectivity index (χ1n) is 7.17. The highest BCUT2D eigenvalue weighted by Gasteiger charge is 2.19. The summed E-state index contributed by atoms with van der Waals surface area (Å²) in [6, 6.07) is 4.67. The second kappa shape index (κ2) is 7.72.